The lowest BCUT2D eigenvalue weighted by Crippen LogP contribution is -2.37. The van der Waals surface area contributed by atoms with Crippen molar-refractivity contribution in [1.29, 1.82) is 0 Å². The summed E-state index contributed by atoms with van der Waals surface area (Å²) >= 11 is 4.97. The zero-order valence-corrected chi connectivity index (χ0v) is 13.2. The molecule has 4 heteroatoms. The van der Waals surface area contributed by atoms with Gasteiger partial charge in [0.1, 0.15) is 4.88 Å². The number of thiophene rings is 1. The molecule has 1 fully saturated rings. The van der Waals surface area contributed by atoms with E-state index in [2.05, 4.69) is 15.9 Å². The van der Waals surface area contributed by atoms with Crippen LogP contribution < -0.4 is 0 Å². The number of carbonyl (C=O) groups excluding carboxylic acids is 1. The topological polar surface area (TPSA) is 20.3 Å². The molecule has 0 N–H and O–H groups in total. The molecule has 1 aromatic heterocycles. The van der Waals surface area contributed by atoms with Crippen LogP contribution in [0.4, 0.5) is 0 Å². The predicted octanol–water partition coefficient (Wildman–Crippen LogP) is 4.70. The van der Waals surface area contributed by atoms with Crippen LogP contribution in [0.1, 0.15) is 54.6 Å². The first-order chi connectivity index (χ1) is 8.70. The van der Waals surface area contributed by atoms with Gasteiger partial charge in [-0.15, -0.1) is 11.3 Å². The zero-order valence-electron chi connectivity index (χ0n) is 10.8. The Morgan fingerprint density at radius 2 is 1.89 bits per heavy atom. The molecule has 1 aliphatic carbocycles. The molecule has 1 saturated carbocycles. The molecule has 18 heavy (non-hydrogen) atoms. The van der Waals surface area contributed by atoms with Crippen molar-refractivity contribution in [2.24, 2.45) is 0 Å². The van der Waals surface area contributed by atoms with E-state index in [1.807, 2.05) is 23.4 Å². The molecule has 2 rings (SSSR count). The molecule has 1 heterocycles. The van der Waals surface area contributed by atoms with Gasteiger partial charge in [0.25, 0.3) is 5.91 Å². The van der Waals surface area contributed by atoms with E-state index in [4.69, 9.17) is 0 Å². The largest absolute Gasteiger partial charge is 0.338 e. The summed E-state index contributed by atoms with van der Waals surface area (Å²) in [4.78, 5) is 15.2. The molecule has 0 unspecified atom stereocenters. The van der Waals surface area contributed by atoms with Gasteiger partial charge >= 0.3 is 0 Å². The van der Waals surface area contributed by atoms with Gasteiger partial charge in [-0.05, 0) is 40.2 Å². The maximum absolute atomic E-state index is 12.4. The Bertz CT molecular complexity index is 396. The van der Waals surface area contributed by atoms with E-state index in [0.29, 0.717) is 6.04 Å². The summed E-state index contributed by atoms with van der Waals surface area (Å²) in [6, 6.07) is 2.37. The Labute approximate surface area is 122 Å². The van der Waals surface area contributed by atoms with Crippen LogP contribution in [0.5, 0.6) is 0 Å². The Balaban J connectivity index is 2.02. The molecule has 0 aliphatic heterocycles. The molecule has 0 atom stereocenters. The fourth-order valence-electron chi connectivity index (χ4n) is 2.59. The first-order valence-corrected chi connectivity index (χ1v) is 8.37. The highest BCUT2D eigenvalue weighted by Gasteiger charge is 2.23. The van der Waals surface area contributed by atoms with Crippen molar-refractivity contribution in [2.75, 3.05) is 7.05 Å². The van der Waals surface area contributed by atoms with Gasteiger partial charge in [-0.3, -0.25) is 4.79 Å². The summed E-state index contributed by atoms with van der Waals surface area (Å²) in [5, 5.41) is 1.96. The van der Waals surface area contributed by atoms with E-state index in [1.165, 1.54) is 43.4 Å². The van der Waals surface area contributed by atoms with Crippen molar-refractivity contribution in [3.63, 3.8) is 0 Å². The molecular weight excluding hydrogens is 310 g/mol. The van der Waals surface area contributed by atoms with Crippen LogP contribution in [-0.2, 0) is 0 Å². The standard InChI is InChI=1S/C14H20BrNOS/c1-16(11-7-5-3-2-4-6-8-11)14(17)13-12(15)9-10-18-13/h9-11H,2-8H2,1H3. The van der Waals surface area contributed by atoms with Gasteiger partial charge in [-0.2, -0.15) is 0 Å². The number of halogens is 1. The van der Waals surface area contributed by atoms with E-state index in [-0.39, 0.29) is 5.91 Å². The lowest BCUT2D eigenvalue weighted by atomic mass is 9.96. The van der Waals surface area contributed by atoms with Gasteiger partial charge < -0.3 is 4.90 Å². The normalized spacial score (nSPS) is 18.1. The van der Waals surface area contributed by atoms with E-state index in [0.717, 1.165) is 22.2 Å². The number of hydrogen-bond donors (Lipinski definition) is 0. The van der Waals surface area contributed by atoms with E-state index < -0.39 is 0 Å². The maximum Gasteiger partial charge on any atom is 0.265 e. The second kappa shape index (κ2) is 6.71. The van der Waals surface area contributed by atoms with Crippen LogP contribution >= 0.6 is 27.3 Å². The monoisotopic (exact) mass is 329 g/mol. The second-order valence-corrected chi connectivity index (χ2v) is 6.78. The van der Waals surface area contributed by atoms with E-state index in [9.17, 15) is 4.79 Å². The van der Waals surface area contributed by atoms with Crippen molar-refractivity contribution in [2.45, 2.75) is 51.0 Å². The number of nitrogens with zero attached hydrogens (tertiary/aromatic N) is 1. The van der Waals surface area contributed by atoms with Gasteiger partial charge in [0.2, 0.25) is 0 Å². The first-order valence-electron chi connectivity index (χ1n) is 6.70. The Morgan fingerprint density at radius 3 is 2.44 bits per heavy atom. The Kier molecular flexibility index (Phi) is 5.25. The zero-order chi connectivity index (χ0) is 13.0. The van der Waals surface area contributed by atoms with Crippen LogP contribution in [0.2, 0.25) is 0 Å². The van der Waals surface area contributed by atoms with E-state index in [1.54, 1.807) is 0 Å². The van der Waals surface area contributed by atoms with Crippen LogP contribution in [0.25, 0.3) is 0 Å². The third-order valence-electron chi connectivity index (χ3n) is 3.75. The molecule has 1 amide bonds. The summed E-state index contributed by atoms with van der Waals surface area (Å²) in [5.74, 6) is 0.169. The van der Waals surface area contributed by atoms with Gasteiger partial charge in [-0.25, -0.2) is 0 Å². The molecule has 0 bridgehead atoms. The van der Waals surface area contributed by atoms with Crippen molar-refractivity contribution in [3.8, 4) is 0 Å². The molecule has 0 spiro atoms. The van der Waals surface area contributed by atoms with Crippen LogP contribution in [-0.4, -0.2) is 23.9 Å². The number of hydrogen-bond acceptors (Lipinski definition) is 2. The summed E-state index contributed by atoms with van der Waals surface area (Å²) in [6.45, 7) is 0. The van der Waals surface area contributed by atoms with Gasteiger partial charge in [-0.1, -0.05) is 32.1 Å². The molecule has 1 aromatic rings. The summed E-state index contributed by atoms with van der Waals surface area (Å²) in [5.41, 5.74) is 0. The highest BCUT2D eigenvalue weighted by atomic mass is 79.9. The van der Waals surface area contributed by atoms with E-state index >= 15 is 0 Å². The van der Waals surface area contributed by atoms with Crippen molar-refractivity contribution >= 4 is 33.2 Å². The highest BCUT2D eigenvalue weighted by molar-refractivity contribution is 9.10. The van der Waals surface area contributed by atoms with Gasteiger partial charge in [0.05, 0.1) is 0 Å². The second-order valence-electron chi connectivity index (χ2n) is 5.01. The van der Waals surface area contributed by atoms with Gasteiger partial charge in [0.15, 0.2) is 0 Å². The quantitative estimate of drug-likeness (QED) is 0.770. The molecule has 0 aromatic carbocycles. The summed E-state index contributed by atoms with van der Waals surface area (Å²) in [6.07, 6.45) is 8.83. The Hall–Kier alpha value is -0.350. The molecule has 0 saturated heterocycles. The number of carbonyl (C=O) groups is 1. The lowest BCUT2D eigenvalue weighted by Gasteiger charge is -2.29. The number of rotatable bonds is 2. The van der Waals surface area contributed by atoms with Crippen LogP contribution in [0, 0.1) is 0 Å². The summed E-state index contributed by atoms with van der Waals surface area (Å²) in [7, 11) is 1.96. The smallest absolute Gasteiger partial charge is 0.265 e. The Morgan fingerprint density at radius 1 is 1.28 bits per heavy atom. The van der Waals surface area contributed by atoms with Crippen molar-refractivity contribution in [1.82, 2.24) is 4.90 Å². The van der Waals surface area contributed by atoms with Gasteiger partial charge in [0, 0.05) is 17.6 Å². The van der Waals surface area contributed by atoms with Crippen molar-refractivity contribution < 1.29 is 4.79 Å². The minimum absolute atomic E-state index is 0.169. The lowest BCUT2D eigenvalue weighted by molar-refractivity contribution is 0.0711. The van der Waals surface area contributed by atoms with Crippen LogP contribution in [0.15, 0.2) is 15.9 Å². The molecule has 2 nitrogen and oxygen atoms in total. The number of amides is 1. The summed E-state index contributed by atoms with van der Waals surface area (Å²) < 4.78 is 0.926. The van der Waals surface area contributed by atoms with Crippen LogP contribution in [0.3, 0.4) is 0 Å². The SMILES string of the molecule is CN(C(=O)c1sccc1Br)C1CCCCCCC1. The third kappa shape index (κ3) is 3.35. The molecular formula is C14H20BrNOS. The third-order valence-corrected chi connectivity index (χ3v) is 5.58. The average Bonchev–Trinajstić information content (AvgIpc) is 2.73. The molecule has 0 radical (unpaired) electrons. The maximum atomic E-state index is 12.4. The minimum Gasteiger partial charge on any atom is -0.338 e. The fraction of sp³-hybridized carbons (Fsp3) is 0.643. The molecule has 1 aliphatic rings. The minimum atomic E-state index is 0.169. The average molecular weight is 330 g/mol. The molecule has 100 valence electrons. The fourth-order valence-corrected chi connectivity index (χ4v) is 4.12. The van der Waals surface area contributed by atoms with Crippen molar-refractivity contribution in [3.05, 3.63) is 20.8 Å². The predicted molar refractivity (Wildman–Crippen MR) is 80.2 cm³/mol. The highest BCUT2D eigenvalue weighted by Crippen LogP contribution is 2.27. The first kappa shape index (κ1) is 14.1.